The van der Waals surface area contributed by atoms with Gasteiger partial charge in [0.25, 0.3) is 0 Å². The zero-order valence-electron chi connectivity index (χ0n) is 76.1. The average Bonchev–Trinajstić information content (AvgIpc) is 1.61. The number of rotatable bonds is 45. The number of hydrogen-bond donors (Lipinski definition) is 4. The van der Waals surface area contributed by atoms with Crippen LogP contribution in [-0.2, 0) is 31.2 Å². The van der Waals surface area contributed by atoms with Gasteiger partial charge in [-0.1, -0.05) is 133 Å². The van der Waals surface area contributed by atoms with Crippen LogP contribution in [-0.4, -0.2) is 271 Å². The molecule has 0 aromatic heterocycles. The van der Waals surface area contributed by atoms with Gasteiger partial charge in [-0.25, -0.2) is 0 Å². The van der Waals surface area contributed by atoms with E-state index in [1.807, 2.05) is 6.07 Å². The molecule has 0 spiro atoms. The zero-order chi connectivity index (χ0) is 83.7. The van der Waals surface area contributed by atoms with Crippen LogP contribution >= 0.6 is 0 Å². The predicted octanol–water partition coefficient (Wildman–Crippen LogP) is 16.7. The molecule has 4 aliphatic heterocycles. The minimum absolute atomic E-state index is 0. The van der Waals surface area contributed by atoms with Crippen LogP contribution in [0.15, 0.2) is 145 Å². The lowest BCUT2D eigenvalue weighted by atomic mass is 9.81. The summed E-state index contributed by atoms with van der Waals surface area (Å²) in [7, 11) is 18.6. The third-order valence-corrected chi connectivity index (χ3v) is 26.7. The standard InChI is InChI=1S/C49H81N6O.C35H48N3O2.C13H34N4.CH4/c1-13-17-36-53(9,10)38-25-39-54(11,12)37-23-33-50-47(56)32-35-52-44-29-21-19-27-42(44)49(7,8)46(52)31-22-30-45-48(5,6)41-26-18-20-28-43(41)51(45)34-24-40-55(14-2,15-3)16-4;1-8-38(9-2,10-3)26-16-24-36-29-19-13-11-17-27(29)34(4,5)31(36)21-15-22-32-35(6,7)28-18-12-14-20-30(28)37(32)25-23-33(39)40;1-16(2,10-5-8-14)12-7-13-17(3,4)11-6-9-15;/h18-22,26-31H,13-17,23-25,32-40H2,1-12H3;11-15,17-22H,8-10,16,23-26H2,1-7H3;5-15H2,1-4H3;1H4/q+3;+1;+2;/p+2. The van der Waals surface area contributed by atoms with E-state index in [0.717, 1.165) is 105 Å². The van der Waals surface area contributed by atoms with Gasteiger partial charge >= 0.3 is 5.97 Å². The molecular weight excluding hydrogens is 1410 g/mol. The molecule has 16 heteroatoms. The van der Waals surface area contributed by atoms with Crippen LogP contribution in [0, 0.1) is 0 Å². The number of hydrogen-bond acceptors (Lipinski definition) is 6. The van der Waals surface area contributed by atoms with Crippen molar-refractivity contribution in [3.05, 3.63) is 167 Å². The molecular formula is C98H169N13O3+8. The molecule has 4 aromatic rings. The van der Waals surface area contributed by atoms with Crippen LogP contribution in [0.3, 0.4) is 0 Å². The SMILES string of the molecule is C.CCCC[N+](C)(C)CCC[N+](C)(C)CCCNC(=O)CCN1/C(=C/C=C/C2=[N+](CCC[N+](CC)(CC)CC)c3ccccc3C2(C)C)C(C)(C)c2ccccc21.CC[N+](CC)(CC)CCC[N+]1=C(C=CC=C2N(CCC(=O)O)c3ccccc3C2(C)C)C(C)(C)c2ccccc21.C[N+](C)(CCCN)CCC[N+](C)(C)CCCN. The fourth-order valence-corrected chi connectivity index (χ4v) is 18.6. The number of fused-ring (bicyclic) bond motifs is 4. The van der Waals surface area contributed by atoms with E-state index in [2.05, 4.69) is 312 Å². The molecule has 16 nitrogen and oxygen atoms in total. The lowest BCUT2D eigenvalue weighted by Crippen LogP contribution is -2.48. The first-order chi connectivity index (χ1) is 53.3. The first kappa shape index (κ1) is 98.0. The number of benzene rings is 4. The number of para-hydroxylation sites is 4. The highest BCUT2D eigenvalue weighted by Crippen LogP contribution is 2.50. The maximum absolute atomic E-state index is 13.3. The summed E-state index contributed by atoms with van der Waals surface area (Å²) in [6.45, 7) is 59.3. The van der Waals surface area contributed by atoms with Crippen molar-refractivity contribution in [3.8, 4) is 0 Å². The van der Waals surface area contributed by atoms with E-state index in [-0.39, 0.29) is 41.4 Å². The summed E-state index contributed by atoms with van der Waals surface area (Å²) < 4.78 is 11.8. The maximum Gasteiger partial charge on any atom is 0.305 e. The Balaban J connectivity index is 0.000000347. The number of carboxylic acid groups (broad SMARTS) is 1. The van der Waals surface area contributed by atoms with Crippen LogP contribution in [0.2, 0.25) is 0 Å². The number of carbonyl (C=O) groups excluding carboxylic acids is 1. The molecule has 4 heterocycles. The number of amides is 1. The van der Waals surface area contributed by atoms with Gasteiger partial charge in [-0.2, -0.15) is 9.15 Å². The highest BCUT2D eigenvalue weighted by molar-refractivity contribution is 6.04. The van der Waals surface area contributed by atoms with E-state index < -0.39 is 5.97 Å². The van der Waals surface area contributed by atoms with Gasteiger partial charge in [-0.15, -0.1) is 0 Å². The molecule has 4 aliphatic rings. The van der Waals surface area contributed by atoms with Crippen molar-refractivity contribution in [2.45, 2.75) is 204 Å². The quantitative estimate of drug-likeness (QED) is 0.0197. The normalized spacial score (nSPS) is 17.0. The van der Waals surface area contributed by atoms with Crippen LogP contribution in [0.1, 0.15) is 204 Å². The number of carboxylic acids is 1. The van der Waals surface area contributed by atoms with Crippen molar-refractivity contribution >= 4 is 46.0 Å². The minimum Gasteiger partial charge on any atom is -0.481 e. The Morgan fingerprint density at radius 1 is 0.421 bits per heavy atom. The third-order valence-electron chi connectivity index (χ3n) is 26.7. The molecule has 114 heavy (non-hydrogen) atoms. The molecule has 1 amide bonds. The van der Waals surface area contributed by atoms with Crippen molar-refractivity contribution in [1.82, 2.24) is 5.32 Å². The second-order valence-electron chi connectivity index (χ2n) is 38.0. The van der Waals surface area contributed by atoms with Crippen molar-refractivity contribution in [2.24, 2.45) is 11.5 Å². The van der Waals surface area contributed by atoms with Gasteiger partial charge in [0, 0.05) is 127 Å². The molecule has 0 aliphatic carbocycles. The minimum atomic E-state index is -0.773. The summed E-state index contributed by atoms with van der Waals surface area (Å²) >= 11 is 0. The van der Waals surface area contributed by atoms with Gasteiger partial charge in [0.2, 0.25) is 17.3 Å². The van der Waals surface area contributed by atoms with E-state index >= 15 is 0 Å². The molecule has 6 N–H and O–H groups in total. The van der Waals surface area contributed by atoms with E-state index in [1.165, 1.54) is 185 Å². The Bertz CT molecular complexity index is 3830. The zero-order valence-corrected chi connectivity index (χ0v) is 76.1. The summed E-state index contributed by atoms with van der Waals surface area (Å²) in [5.74, 6) is -0.638. The number of aliphatic carboxylic acids is 1. The van der Waals surface area contributed by atoms with Crippen molar-refractivity contribution in [2.75, 3.05) is 217 Å². The van der Waals surface area contributed by atoms with Gasteiger partial charge in [0.15, 0.2) is 24.5 Å². The summed E-state index contributed by atoms with van der Waals surface area (Å²) in [4.78, 5) is 29.4. The second-order valence-corrected chi connectivity index (χ2v) is 38.0. The number of nitrogens with zero attached hydrogens (tertiary/aromatic N) is 10. The van der Waals surface area contributed by atoms with E-state index in [1.54, 1.807) is 0 Å². The number of carbonyl (C=O) groups is 2. The number of nitrogens with two attached hydrogens (primary N) is 2. The maximum atomic E-state index is 13.3. The number of nitrogens with one attached hydrogen (secondary N) is 1. The number of unbranched alkanes of at least 4 members (excludes halogenated alkanes) is 1. The van der Waals surface area contributed by atoms with Crippen LogP contribution < -0.4 is 26.6 Å². The fraction of sp³-hybridized carbons (Fsp3) is 0.633. The molecule has 636 valence electrons. The summed E-state index contributed by atoms with van der Waals surface area (Å²) in [6, 6.07) is 35.0. The van der Waals surface area contributed by atoms with E-state index in [9.17, 15) is 14.7 Å². The van der Waals surface area contributed by atoms with Gasteiger partial charge in [0.05, 0.1) is 191 Å². The molecule has 4 aromatic carbocycles. The van der Waals surface area contributed by atoms with Gasteiger partial charge in [-0.3, -0.25) is 9.59 Å². The van der Waals surface area contributed by atoms with Gasteiger partial charge < -0.3 is 58.6 Å². The molecule has 0 bridgehead atoms. The number of allylic oxidation sites excluding steroid dienone is 8. The van der Waals surface area contributed by atoms with E-state index in [0.29, 0.717) is 19.5 Å². The van der Waals surface area contributed by atoms with Crippen LogP contribution in [0.25, 0.3) is 0 Å². The fourth-order valence-electron chi connectivity index (χ4n) is 18.6. The molecule has 0 saturated heterocycles. The number of quaternary nitrogens is 6. The van der Waals surface area contributed by atoms with Crippen LogP contribution in [0.4, 0.5) is 22.7 Å². The third kappa shape index (κ3) is 26.0. The van der Waals surface area contributed by atoms with Gasteiger partial charge in [-0.05, 0) is 124 Å². The summed E-state index contributed by atoms with van der Waals surface area (Å²) in [6.07, 6.45) is 24.8. The molecule has 0 saturated carbocycles. The lowest BCUT2D eigenvalue weighted by Gasteiger charge is -2.35. The molecule has 0 radical (unpaired) electrons. The Morgan fingerprint density at radius 3 is 1.10 bits per heavy atom. The average molecular weight is 1580 g/mol. The Labute approximate surface area is 697 Å². The lowest BCUT2D eigenvalue weighted by molar-refractivity contribution is -0.924. The van der Waals surface area contributed by atoms with Crippen molar-refractivity contribution in [3.63, 3.8) is 0 Å². The summed E-state index contributed by atoms with van der Waals surface area (Å²) in [5, 5.41) is 12.7. The monoisotopic (exact) mass is 1580 g/mol. The molecule has 8 rings (SSSR count). The predicted molar refractivity (Wildman–Crippen MR) is 489 cm³/mol. The number of anilines is 2. The first-order valence-electron chi connectivity index (χ1n) is 44.2. The van der Waals surface area contributed by atoms with Crippen molar-refractivity contribution in [1.29, 1.82) is 0 Å². The largest absolute Gasteiger partial charge is 0.481 e. The summed E-state index contributed by atoms with van der Waals surface area (Å²) in [5.41, 5.74) is 25.9. The Kier molecular flexibility index (Phi) is 37.6. The topological polar surface area (TPSA) is 131 Å². The van der Waals surface area contributed by atoms with Crippen molar-refractivity contribution < 1.29 is 50.7 Å². The smallest absolute Gasteiger partial charge is 0.305 e. The van der Waals surface area contributed by atoms with Gasteiger partial charge in [0.1, 0.15) is 0 Å². The first-order valence-corrected chi connectivity index (χ1v) is 44.2. The Morgan fingerprint density at radius 2 is 0.746 bits per heavy atom. The molecule has 0 atom stereocenters. The van der Waals surface area contributed by atoms with Crippen LogP contribution in [0.5, 0.6) is 0 Å². The van der Waals surface area contributed by atoms with E-state index in [4.69, 9.17) is 11.5 Å². The Hall–Kier alpha value is -6.60. The second kappa shape index (κ2) is 43.7. The highest BCUT2D eigenvalue weighted by Gasteiger charge is 2.47. The molecule has 0 unspecified atom stereocenters. The highest BCUT2D eigenvalue weighted by atomic mass is 16.4. The molecule has 0 fully saturated rings.